The van der Waals surface area contributed by atoms with Gasteiger partial charge < -0.3 is 14.7 Å². The maximum absolute atomic E-state index is 12.8. The first-order valence-corrected chi connectivity index (χ1v) is 8.69. The standard InChI is InChI=1S/C17H27N5O/c1-20(2)15-8-9-18-17(19-15)22-12-6-7-14(13-22)16(23)21-10-4-3-5-11-21/h8-9,14H,3-7,10-13H2,1-2H3. The van der Waals surface area contributed by atoms with Gasteiger partial charge in [-0.2, -0.15) is 4.98 Å². The zero-order valence-corrected chi connectivity index (χ0v) is 14.2. The van der Waals surface area contributed by atoms with Crippen molar-refractivity contribution in [2.75, 3.05) is 50.1 Å². The van der Waals surface area contributed by atoms with Gasteiger partial charge in [0.25, 0.3) is 0 Å². The van der Waals surface area contributed by atoms with Crippen LogP contribution in [0.25, 0.3) is 0 Å². The molecule has 23 heavy (non-hydrogen) atoms. The van der Waals surface area contributed by atoms with Gasteiger partial charge in [-0.3, -0.25) is 4.79 Å². The summed E-state index contributed by atoms with van der Waals surface area (Å²) in [6, 6.07) is 1.91. The summed E-state index contributed by atoms with van der Waals surface area (Å²) in [4.78, 5) is 28.0. The van der Waals surface area contributed by atoms with Gasteiger partial charge in [-0.25, -0.2) is 4.98 Å². The molecule has 6 heteroatoms. The molecule has 1 aromatic heterocycles. The van der Waals surface area contributed by atoms with Gasteiger partial charge in [0.2, 0.25) is 11.9 Å². The summed E-state index contributed by atoms with van der Waals surface area (Å²) in [5.74, 6) is 2.07. The molecule has 0 aliphatic carbocycles. The van der Waals surface area contributed by atoms with E-state index in [0.29, 0.717) is 5.91 Å². The van der Waals surface area contributed by atoms with Crippen LogP contribution in [0.4, 0.5) is 11.8 Å². The molecule has 1 amide bonds. The fraction of sp³-hybridized carbons (Fsp3) is 0.706. The first-order chi connectivity index (χ1) is 11.1. The van der Waals surface area contributed by atoms with E-state index in [4.69, 9.17) is 0 Å². The van der Waals surface area contributed by atoms with Gasteiger partial charge in [-0.05, 0) is 38.2 Å². The average Bonchev–Trinajstić information content (AvgIpc) is 2.62. The van der Waals surface area contributed by atoms with Crippen molar-refractivity contribution in [3.05, 3.63) is 12.3 Å². The molecule has 1 unspecified atom stereocenters. The number of piperidine rings is 2. The Balaban J connectivity index is 1.68. The lowest BCUT2D eigenvalue weighted by Gasteiger charge is -2.36. The summed E-state index contributed by atoms with van der Waals surface area (Å²) in [6.07, 6.45) is 7.37. The van der Waals surface area contributed by atoms with Crippen molar-refractivity contribution in [3.63, 3.8) is 0 Å². The molecule has 6 nitrogen and oxygen atoms in total. The monoisotopic (exact) mass is 317 g/mol. The fourth-order valence-electron chi connectivity index (χ4n) is 3.47. The van der Waals surface area contributed by atoms with Crippen molar-refractivity contribution >= 4 is 17.7 Å². The predicted octanol–water partition coefficient (Wildman–Crippen LogP) is 1.77. The number of hydrogen-bond acceptors (Lipinski definition) is 5. The predicted molar refractivity (Wildman–Crippen MR) is 91.7 cm³/mol. The summed E-state index contributed by atoms with van der Waals surface area (Å²) in [7, 11) is 3.95. The molecular formula is C17H27N5O. The van der Waals surface area contributed by atoms with Crippen molar-refractivity contribution in [1.29, 1.82) is 0 Å². The second kappa shape index (κ2) is 7.15. The minimum atomic E-state index is 0.0912. The van der Waals surface area contributed by atoms with Gasteiger partial charge in [-0.1, -0.05) is 0 Å². The van der Waals surface area contributed by atoms with Crippen molar-refractivity contribution < 1.29 is 4.79 Å². The Morgan fingerprint density at radius 2 is 1.96 bits per heavy atom. The van der Waals surface area contributed by atoms with Crippen molar-refractivity contribution in [3.8, 4) is 0 Å². The molecular weight excluding hydrogens is 290 g/mol. The summed E-state index contributed by atoms with van der Waals surface area (Å²) < 4.78 is 0. The molecule has 2 fully saturated rings. The van der Waals surface area contributed by atoms with Crippen LogP contribution in [0.1, 0.15) is 32.1 Å². The number of carbonyl (C=O) groups is 1. The zero-order chi connectivity index (χ0) is 16.2. The van der Waals surface area contributed by atoms with Gasteiger partial charge >= 0.3 is 0 Å². The van der Waals surface area contributed by atoms with E-state index in [2.05, 4.69) is 19.8 Å². The summed E-state index contributed by atoms with van der Waals surface area (Å²) in [5.41, 5.74) is 0. The Kier molecular flexibility index (Phi) is 4.98. The number of likely N-dealkylation sites (tertiary alicyclic amines) is 1. The van der Waals surface area contributed by atoms with Gasteiger partial charge in [0.05, 0.1) is 5.92 Å². The molecule has 126 valence electrons. The normalized spacial score (nSPS) is 22.1. The van der Waals surface area contributed by atoms with Crippen LogP contribution < -0.4 is 9.80 Å². The second-order valence-corrected chi connectivity index (χ2v) is 6.78. The molecule has 0 bridgehead atoms. The Morgan fingerprint density at radius 1 is 1.17 bits per heavy atom. The van der Waals surface area contributed by atoms with Crippen LogP contribution in [0.2, 0.25) is 0 Å². The molecule has 0 saturated carbocycles. The molecule has 2 aliphatic heterocycles. The van der Waals surface area contributed by atoms with Gasteiger partial charge in [-0.15, -0.1) is 0 Å². The average molecular weight is 317 g/mol. The molecule has 0 aromatic carbocycles. The van der Waals surface area contributed by atoms with Crippen LogP contribution in [0.5, 0.6) is 0 Å². The third-order valence-electron chi connectivity index (χ3n) is 4.81. The lowest BCUT2D eigenvalue weighted by molar-refractivity contribution is -0.136. The van der Waals surface area contributed by atoms with E-state index in [-0.39, 0.29) is 5.92 Å². The Hall–Kier alpha value is -1.85. The maximum Gasteiger partial charge on any atom is 0.227 e. The van der Waals surface area contributed by atoms with E-state index < -0.39 is 0 Å². The number of hydrogen-bond donors (Lipinski definition) is 0. The molecule has 0 N–H and O–H groups in total. The highest BCUT2D eigenvalue weighted by Crippen LogP contribution is 2.24. The number of carbonyl (C=O) groups excluding carboxylic acids is 1. The van der Waals surface area contributed by atoms with Gasteiger partial charge in [0.15, 0.2) is 0 Å². The van der Waals surface area contributed by atoms with E-state index in [1.165, 1.54) is 6.42 Å². The first kappa shape index (κ1) is 16.0. The fourth-order valence-corrected chi connectivity index (χ4v) is 3.47. The first-order valence-electron chi connectivity index (χ1n) is 8.69. The molecule has 2 aliphatic rings. The van der Waals surface area contributed by atoms with E-state index in [0.717, 1.165) is 63.6 Å². The third-order valence-corrected chi connectivity index (χ3v) is 4.81. The number of amides is 1. The highest BCUT2D eigenvalue weighted by Gasteiger charge is 2.30. The largest absolute Gasteiger partial charge is 0.363 e. The van der Waals surface area contributed by atoms with E-state index >= 15 is 0 Å². The minimum Gasteiger partial charge on any atom is -0.363 e. The topological polar surface area (TPSA) is 52.6 Å². The summed E-state index contributed by atoms with van der Waals surface area (Å²) in [5, 5.41) is 0. The van der Waals surface area contributed by atoms with Crippen molar-refractivity contribution in [2.45, 2.75) is 32.1 Å². The van der Waals surface area contributed by atoms with E-state index in [1.807, 2.05) is 25.1 Å². The number of anilines is 2. The SMILES string of the molecule is CN(C)c1ccnc(N2CCCC(C(=O)N3CCCCC3)C2)n1. The molecule has 3 rings (SSSR count). The smallest absolute Gasteiger partial charge is 0.227 e. The molecule has 1 atom stereocenters. The number of rotatable bonds is 3. The van der Waals surface area contributed by atoms with Crippen LogP contribution in [0.3, 0.4) is 0 Å². The number of aromatic nitrogens is 2. The zero-order valence-electron chi connectivity index (χ0n) is 14.2. The minimum absolute atomic E-state index is 0.0912. The quantitative estimate of drug-likeness (QED) is 0.850. The van der Waals surface area contributed by atoms with Gasteiger partial charge in [0, 0.05) is 46.5 Å². The molecule has 2 saturated heterocycles. The summed E-state index contributed by atoms with van der Waals surface area (Å²) in [6.45, 7) is 3.54. The Labute approximate surface area is 138 Å². The van der Waals surface area contributed by atoms with Crippen molar-refractivity contribution in [2.24, 2.45) is 5.92 Å². The second-order valence-electron chi connectivity index (χ2n) is 6.78. The van der Waals surface area contributed by atoms with Crippen LogP contribution in [0.15, 0.2) is 12.3 Å². The lowest BCUT2D eigenvalue weighted by atomic mass is 9.95. The lowest BCUT2D eigenvalue weighted by Crippen LogP contribution is -2.46. The summed E-state index contributed by atoms with van der Waals surface area (Å²) >= 11 is 0. The van der Waals surface area contributed by atoms with Crippen LogP contribution >= 0.6 is 0 Å². The van der Waals surface area contributed by atoms with E-state index in [9.17, 15) is 4.79 Å². The van der Waals surface area contributed by atoms with Crippen LogP contribution in [-0.4, -0.2) is 61.0 Å². The highest BCUT2D eigenvalue weighted by atomic mass is 16.2. The van der Waals surface area contributed by atoms with Crippen molar-refractivity contribution in [1.82, 2.24) is 14.9 Å². The third kappa shape index (κ3) is 3.74. The van der Waals surface area contributed by atoms with Gasteiger partial charge in [0.1, 0.15) is 5.82 Å². The Morgan fingerprint density at radius 3 is 2.70 bits per heavy atom. The molecule has 1 aromatic rings. The highest BCUT2D eigenvalue weighted by molar-refractivity contribution is 5.79. The Bertz CT molecular complexity index is 542. The molecule has 0 spiro atoms. The maximum atomic E-state index is 12.8. The van der Waals surface area contributed by atoms with Crippen LogP contribution in [-0.2, 0) is 4.79 Å². The van der Waals surface area contributed by atoms with Crippen LogP contribution in [0, 0.1) is 5.92 Å². The number of nitrogens with zero attached hydrogens (tertiary/aromatic N) is 5. The van der Waals surface area contributed by atoms with E-state index in [1.54, 1.807) is 6.20 Å². The molecule has 3 heterocycles. The molecule has 0 radical (unpaired) electrons.